The van der Waals surface area contributed by atoms with Crippen LogP contribution in [0, 0.1) is 17.2 Å². The molecular formula is C25H38BrFN2O4SSi. The van der Waals surface area contributed by atoms with E-state index in [0.717, 1.165) is 16.9 Å². The van der Waals surface area contributed by atoms with Crippen molar-refractivity contribution in [3.05, 3.63) is 34.1 Å². The Morgan fingerprint density at radius 1 is 1.40 bits per heavy atom. The van der Waals surface area contributed by atoms with Crippen LogP contribution in [0.2, 0.25) is 25.7 Å². The molecule has 0 bridgehead atoms. The summed E-state index contributed by atoms with van der Waals surface area (Å²) in [5.74, 6) is -0.339. The van der Waals surface area contributed by atoms with Gasteiger partial charge in [-0.1, -0.05) is 68.1 Å². The molecule has 10 heteroatoms. The van der Waals surface area contributed by atoms with Gasteiger partial charge < -0.3 is 14.6 Å². The Hall–Kier alpha value is -0.943. The molecule has 1 aromatic rings. The average Bonchev–Trinajstić information content (AvgIpc) is 3.42. The number of methoxy groups -OCH3 is 1. The van der Waals surface area contributed by atoms with Gasteiger partial charge in [-0.25, -0.2) is 14.1 Å². The van der Waals surface area contributed by atoms with Crippen LogP contribution in [-0.2, 0) is 15.0 Å². The van der Waals surface area contributed by atoms with E-state index in [2.05, 4.69) is 35.6 Å². The molecule has 0 aromatic heterocycles. The van der Waals surface area contributed by atoms with Gasteiger partial charge in [0.1, 0.15) is 12.0 Å². The maximum absolute atomic E-state index is 15.1. The van der Waals surface area contributed by atoms with Gasteiger partial charge in [0.2, 0.25) is 0 Å². The lowest BCUT2D eigenvalue weighted by atomic mass is 9.86. The highest BCUT2D eigenvalue weighted by Gasteiger charge is 2.67. The van der Waals surface area contributed by atoms with E-state index in [0.29, 0.717) is 23.9 Å². The van der Waals surface area contributed by atoms with Gasteiger partial charge in [-0.3, -0.25) is 4.99 Å². The summed E-state index contributed by atoms with van der Waals surface area (Å²) in [6, 6.07) is 5.75. The van der Waals surface area contributed by atoms with Crippen molar-refractivity contribution in [3.63, 3.8) is 0 Å². The minimum Gasteiger partial charge on any atom is -0.465 e. The Morgan fingerprint density at radius 2 is 2.06 bits per heavy atom. The number of aliphatic imine (C=N–C) groups is 1. The van der Waals surface area contributed by atoms with E-state index in [4.69, 9.17) is 14.5 Å². The molecule has 35 heavy (non-hydrogen) atoms. The molecule has 4 atom stereocenters. The van der Waals surface area contributed by atoms with Gasteiger partial charge in [-0.2, -0.15) is 0 Å². The highest BCUT2D eigenvalue weighted by molar-refractivity contribution is 9.10. The molecule has 1 aliphatic carbocycles. The first-order valence-electron chi connectivity index (χ1n) is 11.9. The van der Waals surface area contributed by atoms with Crippen LogP contribution in [0.1, 0.15) is 39.7 Å². The van der Waals surface area contributed by atoms with E-state index >= 15 is 4.39 Å². The lowest BCUT2D eigenvalue weighted by Gasteiger charge is -2.42. The number of halogens is 2. The zero-order valence-electron chi connectivity index (χ0n) is 21.9. The number of hydrogen-bond acceptors (Lipinski definition) is 5. The van der Waals surface area contributed by atoms with Gasteiger partial charge >= 0.3 is 6.09 Å². The fourth-order valence-corrected chi connectivity index (χ4v) is 7.49. The topological polar surface area (TPSA) is 71.4 Å². The van der Waals surface area contributed by atoms with E-state index < -0.39 is 31.3 Å². The van der Waals surface area contributed by atoms with E-state index in [1.807, 2.05) is 27.7 Å². The van der Waals surface area contributed by atoms with Crippen LogP contribution < -0.4 is 0 Å². The van der Waals surface area contributed by atoms with Crippen molar-refractivity contribution in [3.8, 4) is 0 Å². The third-order valence-corrected chi connectivity index (χ3v) is 10.3. The maximum atomic E-state index is 15.1. The number of thioether (sulfide) groups is 1. The Bertz CT molecular complexity index is 999. The van der Waals surface area contributed by atoms with Crippen LogP contribution in [0.5, 0.6) is 0 Å². The Kier molecular flexibility index (Phi) is 8.24. The predicted octanol–water partition coefficient (Wildman–Crippen LogP) is 7.02. The Morgan fingerprint density at radius 3 is 2.60 bits per heavy atom. The smallest absolute Gasteiger partial charge is 0.415 e. The van der Waals surface area contributed by atoms with Crippen molar-refractivity contribution >= 4 is 47.0 Å². The molecule has 2 aliphatic rings. The summed E-state index contributed by atoms with van der Waals surface area (Å²) in [5.41, 5.74) is -1.00. The number of rotatable bonds is 8. The first kappa shape index (κ1) is 28.6. The minimum absolute atomic E-state index is 0.0176. The minimum atomic E-state index is -1.38. The summed E-state index contributed by atoms with van der Waals surface area (Å²) in [5, 5.41) is 10.8. The molecule has 1 fully saturated rings. The number of fused-ring (bicyclic) bond motifs is 1. The average molecular weight is 590 g/mol. The largest absolute Gasteiger partial charge is 0.465 e. The number of carbonyl (C=O) groups is 1. The maximum Gasteiger partial charge on any atom is 0.415 e. The summed E-state index contributed by atoms with van der Waals surface area (Å²) in [7, 11) is 0.259. The predicted molar refractivity (Wildman–Crippen MR) is 146 cm³/mol. The van der Waals surface area contributed by atoms with Crippen molar-refractivity contribution in [2.75, 3.05) is 20.3 Å². The quantitative estimate of drug-likeness (QED) is 0.261. The zero-order valence-corrected chi connectivity index (χ0v) is 25.3. The first-order valence-corrected chi connectivity index (χ1v) is 17.2. The van der Waals surface area contributed by atoms with Crippen molar-refractivity contribution in [1.82, 2.24) is 4.90 Å². The van der Waals surface area contributed by atoms with E-state index in [9.17, 15) is 9.90 Å². The summed E-state index contributed by atoms with van der Waals surface area (Å²) >= 11 is 4.88. The van der Waals surface area contributed by atoms with Gasteiger partial charge in [0.15, 0.2) is 5.17 Å². The second-order valence-corrected chi connectivity index (χ2v) is 20.0. The fraction of sp³-hybridized carbons (Fsp3) is 0.680. The lowest BCUT2D eigenvalue weighted by molar-refractivity contribution is -0.0761. The number of nitrogens with zero attached hydrogens (tertiary/aromatic N) is 2. The molecule has 1 heterocycles. The normalized spacial score (nSPS) is 27.1. The van der Waals surface area contributed by atoms with Gasteiger partial charge in [-0.05, 0) is 37.6 Å². The first-order chi connectivity index (χ1) is 16.0. The molecule has 196 valence electrons. The van der Waals surface area contributed by atoms with Crippen LogP contribution in [0.3, 0.4) is 0 Å². The molecule has 1 aliphatic heterocycles. The zero-order chi connectivity index (χ0) is 26.4. The second kappa shape index (κ2) is 10.1. The van der Waals surface area contributed by atoms with Crippen LogP contribution in [0.15, 0.2) is 27.7 Å². The summed E-state index contributed by atoms with van der Waals surface area (Å²) in [6.07, 6.45) is -1.12. The molecule has 3 rings (SSSR count). The molecule has 0 saturated heterocycles. The third kappa shape index (κ3) is 6.14. The summed E-state index contributed by atoms with van der Waals surface area (Å²) in [6.45, 7) is 15.5. The molecule has 0 spiro atoms. The number of benzene rings is 1. The Labute approximate surface area is 222 Å². The molecule has 6 nitrogen and oxygen atoms in total. The number of amides is 1. The molecule has 1 N–H and O–H groups in total. The van der Waals surface area contributed by atoms with Gasteiger partial charge in [0.05, 0.1) is 16.9 Å². The van der Waals surface area contributed by atoms with Crippen LogP contribution in [0.25, 0.3) is 0 Å². The highest BCUT2D eigenvalue weighted by atomic mass is 79.9. The molecule has 1 saturated carbocycles. The summed E-state index contributed by atoms with van der Waals surface area (Å²) in [4.78, 5) is 19.0. The second-order valence-electron chi connectivity index (χ2n) is 12.1. The van der Waals surface area contributed by atoms with Crippen molar-refractivity contribution in [2.24, 2.45) is 16.3 Å². The van der Waals surface area contributed by atoms with E-state index in [1.54, 1.807) is 19.2 Å². The monoisotopic (exact) mass is 588 g/mol. The van der Waals surface area contributed by atoms with Gasteiger partial charge in [0.25, 0.3) is 0 Å². The van der Waals surface area contributed by atoms with Crippen LogP contribution in [0.4, 0.5) is 9.18 Å². The standard InChI is InChI=1S/C25H38BrFN2O4SSi/c1-23(2,3)20(33-11-12-35(6,7)8)29(22(30)31)21-28-24(4,17-13-16(26)9-10-18(17)27)19-14-25(19,34-21)15-32-5/h9-10,13,19-20H,11-12,14-15H2,1-8H3,(H,30,31)/t19-,20?,24+,25+/m0/s1. The molecule has 1 amide bonds. The van der Waals surface area contributed by atoms with Crippen LogP contribution in [-0.4, -0.2) is 60.6 Å². The highest BCUT2D eigenvalue weighted by Crippen LogP contribution is 2.66. The Balaban J connectivity index is 2.10. The van der Waals surface area contributed by atoms with Crippen molar-refractivity contribution in [2.45, 2.75) is 76.3 Å². The van der Waals surface area contributed by atoms with Gasteiger partial charge in [-0.15, -0.1) is 0 Å². The number of hydrogen-bond donors (Lipinski definition) is 1. The number of ether oxygens (including phenoxy) is 2. The van der Waals surface area contributed by atoms with E-state index in [-0.39, 0.29) is 16.5 Å². The van der Waals surface area contributed by atoms with Crippen molar-refractivity contribution in [1.29, 1.82) is 0 Å². The third-order valence-electron chi connectivity index (χ3n) is 6.70. The van der Waals surface area contributed by atoms with Crippen LogP contribution >= 0.6 is 27.7 Å². The number of carboxylic acid groups (broad SMARTS) is 1. The van der Waals surface area contributed by atoms with Crippen molar-refractivity contribution < 1.29 is 23.8 Å². The number of amidine groups is 1. The SMILES string of the molecule is COC[C@]12C[C@H]1[C@@](C)(c1cc(Br)ccc1F)N=C(N(C(=O)O)C(OCC[Si](C)(C)C)C(C)(C)C)S2. The fourth-order valence-electron chi connectivity index (χ4n) is 4.73. The summed E-state index contributed by atoms with van der Waals surface area (Å²) < 4.78 is 27.4. The molecule has 1 unspecified atom stereocenters. The molecule has 0 radical (unpaired) electrons. The molecular weight excluding hydrogens is 551 g/mol. The van der Waals surface area contributed by atoms with Gasteiger partial charge in [0, 0.05) is 43.2 Å². The molecule has 1 aromatic carbocycles. The lowest BCUT2D eigenvalue weighted by Crippen LogP contribution is -2.53. The van der Waals surface area contributed by atoms with E-state index in [1.165, 1.54) is 22.7 Å².